The molecule has 0 heterocycles. The van der Waals surface area contributed by atoms with Gasteiger partial charge in [0.15, 0.2) is 0 Å². The first-order chi connectivity index (χ1) is 7.66. The third-order valence-electron chi connectivity index (χ3n) is 2.34. The van der Waals surface area contributed by atoms with Crippen LogP contribution < -0.4 is 0 Å². The summed E-state index contributed by atoms with van der Waals surface area (Å²) < 4.78 is 5.48. The first kappa shape index (κ1) is 15.0. The van der Waals surface area contributed by atoms with Gasteiger partial charge in [-0.1, -0.05) is 63.8 Å². The Labute approximate surface area is 101 Å². The second-order valence-corrected chi connectivity index (χ2v) is 4.26. The van der Waals surface area contributed by atoms with Crippen LogP contribution in [0.15, 0.2) is 36.6 Å². The molecule has 0 rings (SSSR count). The van der Waals surface area contributed by atoms with E-state index >= 15 is 0 Å². The molecule has 16 heavy (non-hydrogen) atoms. The normalized spacial score (nSPS) is 10.6. The molecule has 0 saturated carbocycles. The maximum absolute atomic E-state index is 5.48. The van der Waals surface area contributed by atoms with Crippen molar-refractivity contribution in [2.24, 2.45) is 0 Å². The highest BCUT2D eigenvalue weighted by atomic mass is 16.5. The molecule has 1 nitrogen and oxygen atoms in total. The Morgan fingerprint density at radius 1 is 1.00 bits per heavy atom. The Hall–Kier alpha value is -0.980. The van der Waals surface area contributed by atoms with Gasteiger partial charge in [-0.25, -0.2) is 0 Å². The maximum atomic E-state index is 5.48. The molecule has 0 unspecified atom stereocenters. The predicted octanol–water partition coefficient (Wildman–Crippen LogP) is 5.01. The number of hydrogen-bond donors (Lipinski definition) is 0. The predicted molar refractivity (Wildman–Crippen MR) is 72.4 cm³/mol. The molecule has 0 bridgehead atoms. The van der Waals surface area contributed by atoms with Crippen molar-refractivity contribution in [2.45, 2.75) is 52.4 Å². The molecule has 0 amide bonds. The monoisotopic (exact) mass is 222 g/mol. The summed E-state index contributed by atoms with van der Waals surface area (Å²) in [5.74, 6) is 0.733. The Morgan fingerprint density at radius 2 is 1.62 bits per heavy atom. The molecule has 0 spiro atoms. The maximum Gasteiger partial charge on any atom is 0.112 e. The molecule has 92 valence electrons. The van der Waals surface area contributed by atoms with E-state index in [1.165, 1.54) is 32.1 Å². The summed E-state index contributed by atoms with van der Waals surface area (Å²) in [6.07, 6.45) is 11.5. The lowest BCUT2D eigenvalue weighted by Crippen LogP contribution is -1.92. The van der Waals surface area contributed by atoms with Crippen molar-refractivity contribution in [1.29, 1.82) is 0 Å². The molecule has 0 atom stereocenters. The average molecular weight is 222 g/mol. The fourth-order valence-corrected chi connectivity index (χ4v) is 1.37. The number of hydrogen-bond acceptors (Lipinski definition) is 1. The van der Waals surface area contributed by atoms with Gasteiger partial charge in [-0.2, -0.15) is 0 Å². The molecule has 1 heteroatoms. The van der Waals surface area contributed by atoms with Gasteiger partial charge in [0.2, 0.25) is 0 Å². The van der Waals surface area contributed by atoms with Crippen LogP contribution in [-0.2, 0) is 4.74 Å². The fourth-order valence-electron chi connectivity index (χ4n) is 1.37. The van der Waals surface area contributed by atoms with Gasteiger partial charge < -0.3 is 4.74 Å². The van der Waals surface area contributed by atoms with Gasteiger partial charge in [-0.15, -0.1) is 0 Å². The number of rotatable bonds is 10. The second kappa shape index (κ2) is 10.5. The van der Waals surface area contributed by atoms with Crippen LogP contribution >= 0.6 is 0 Å². The highest BCUT2D eigenvalue weighted by Crippen LogP contribution is 2.06. The second-order valence-electron chi connectivity index (χ2n) is 4.26. The minimum Gasteiger partial charge on any atom is -0.494 e. The summed E-state index contributed by atoms with van der Waals surface area (Å²) in [6, 6.07) is 0. The quantitative estimate of drug-likeness (QED) is 0.287. The zero-order valence-corrected chi connectivity index (χ0v) is 10.9. The van der Waals surface area contributed by atoms with Crippen molar-refractivity contribution in [2.75, 3.05) is 6.61 Å². The first-order valence-electron chi connectivity index (χ1n) is 6.32. The molecule has 0 N–H and O–H groups in total. The van der Waals surface area contributed by atoms with Crippen molar-refractivity contribution in [3.8, 4) is 0 Å². The van der Waals surface area contributed by atoms with E-state index in [9.17, 15) is 0 Å². The van der Waals surface area contributed by atoms with E-state index in [2.05, 4.69) is 20.1 Å². The van der Waals surface area contributed by atoms with Gasteiger partial charge in [-0.05, 0) is 19.4 Å². The highest BCUT2D eigenvalue weighted by Gasteiger charge is 1.92. The molecule has 0 saturated heterocycles. The van der Waals surface area contributed by atoms with Crippen LogP contribution in [0, 0.1) is 0 Å². The lowest BCUT2D eigenvalue weighted by Gasteiger charge is -2.05. The molecule has 0 radical (unpaired) electrons. The van der Waals surface area contributed by atoms with Crippen molar-refractivity contribution >= 4 is 0 Å². The molecular weight excluding hydrogens is 196 g/mol. The minimum atomic E-state index is 0.733. The van der Waals surface area contributed by atoms with E-state index in [0.717, 1.165) is 24.4 Å². The van der Waals surface area contributed by atoms with Crippen LogP contribution in [0.1, 0.15) is 52.4 Å². The third kappa shape index (κ3) is 11.1. The van der Waals surface area contributed by atoms with Crippen LogP contribution in [0.25, 0.3) is 0 Å². The summed E-state index contributed by atoms with van der Waals surface area (Å²) in [6.45, 7) is 12.6. The van der Waals surface area contributed by atoms with Crippen molar-refractivity contribution in [3.63, 3.8) is 0 Å². The van der Waals surface area contributed by atoms with E-state index in [-0.39, 0.29) is 0 Å². The molecule has 0 aliphatic carbocycles. The van der Waals surface area contributed by atoms with Crippen LogP contribution in [0.5, 0.6) is 0 Å². The summed E-state index contributed by atoms with van der Waals surface area (Å²) in [7, 11) is 0. The Kier molecular flexibility index (Phi) is 9.89. The molecular formula is C15H26O. The van der Waals surface area contributed by atoms with E-state index in [0.29, 0.717) is 0 Å². The summed E-state index contributed by atoms with van der Waals surface area (Å²) >= 11 is 0. The van der Waals surface area contributed by atoms with Gasteiger partial charge in [0.25, 0.3) is 0 Å². The minimum absolute atomic E-state index is 0.733. The standard InChI is InChI=1S/C15H26O/c1-5-6-7-8-9-10-13-16-15(4)12-11-14(2)3/h11-12H,2,4-10,13H2,1,3H3/b12-11-. The molecule has 0 aromatic rings. The van der Waals surface area contributed by atoms with Gasteiger partial charge >= 0.3 is 0 Å². The van der Waals surface area contributed by atoms with Crippen molar-refractivity contribution < 1.29 is 4.74 Å². The molecule has 0 aliphatic rings. The summed E-state index contributed by atoms with van der Waals surface area (Å²) in [5, 5.41) is 0. The number of unbranched alkanes of at least 4 members (excludes halogenated alkanes) is 5. The van der Waals surface area contributed by atoms with E-state index < -0.39 is 0 Å². The zero-order valence-electron chi connectivity index (χ0n) is 10.9. The van der Waals surface area contributed by atoms with Gasteiger partial charge in [0.1, 0.15) is 5.76 Å². The third-order valence-corrected chi connectivity index (χ3v) is 2.34. The molecule has 0 aromatic carbocycles. The van der Waals surface area contributed by atoms with Crippen LogP contribution in [0.2, 0.25) is 0 Å². The fraction of sp³-hybridized carbons (Fsp3) is 0.600. The topological polar surface area (TPSA) is 9.23 Å². The lowest BCUT2D eigenvalue weighted by atomic mass is 10.1. The van der Waals surface area contributed by atoms with Gasteiger partial charge in [0, 0.05) is 0 Å². The smallest absolute Gasteiger partial charge is 0.112 e. The van der Waals surface area contributed by atoms with E-state index in [4.69, 9.17) is 4.74 Å². The van der Waals surface area contributed by atoms with Crippen LogP contribution in [0.4, 0.5) is 0 Å². The summed E-state index contributed by atoms with van der Waals surface area (Å²) in [4.78, 5) is 0. The Bertz CT molecular complexity index is 226. The lowest BCUT2D eigenvalue weighted by molar-refractivity contribution is 0.218. The van der Waals surface area contributed by atoms with Crippen molar-refractivity contribution in [1.82, 2.24) is 0 Å². The Morgan fingerprint density at radius 3 is 2.25 bits per heavy atom. The SMILES string of the molecule is C=C(C)/C=C\C(=C)OCCCCCCCC. The van der Waals surface area contributed by atoms with Gasteiger partial charge in [0.05, 0.1) is 6.61 Å². The molecule has 0 fully saturated rings. The van der Waals surface area contributed by atoms with Crippen LogP contribution in [0.3, 0.4) is 0 Å². The van der Waals surface area contributed by atoms with E-state index in [1.807, 2.05) is 19.1 Å². The molecule has 0 aromatic heterocycles. The Balaban J connectivity index is 3.31. The number of allylic oxidation sites excluding steroid dienone is 3. The number of ether oxygens (including phenoxy) is 1. The largest absolute Gasteiger partial charge is 0.494 e. The van der Waals surface area contributed by atoms with Crippen LogP contribution in [-0.4, -0.2) is 6.61 Å². The van der Waals surface area contributed by atoms with Crippen molar-refractivity contribution in [3.05, 3.63) is 36.6 Å². The highest BCUT2D eigenvalue weighted by molar-refractivity contribution is 5.19. The zero-order chi connectivity index (χ0) is 12.2. The summed E-state index contributed by atoms with van der Waals surface area (Å²) in [5.41, 5.74) is 1.02. The average Bonchev–Trinajstić information content (AvgIpc) is 2.25. The molecule has 0 aliphatic heterocycles. The van der Waals surface area contributed by atoms with E-state index in [1.54, 1.807) is 0 Å². The van der Waals surface area contributed by atoms with Gasteiger partial charge in [-0.3, -0.25) is 0 Å². The first-order valence-corrected chi connectivity index (χ1v) is 6.32.